The van der Waals surface area contributed by atoms with Crippen molar-refractivity contribution in [3.05, 3.63) is 55.4 Å². The molecule has 0 unspecified atom stereocenters. The van der Waals surface area contributed by atoms with Gasteiger partial charge in [0, 0.05) is 16.6 Å². The molecule has 4 nitrogen and oxygen atoms in total. The van der Waals surface area contributed by atoms with Gasteiger partial charge in [0.2, 0.25) is 0 Å². The van der Waals surface area contributed by atoms with Crippen LogP contribution in [-0.4, -0.2) is 16.7 Å². The summed E-state index contributed by atoms with van der Waals surface area (Å²) in [6.07, 6.45) is 2.15. The lowest BCUT2D eigenvalue weighted by atomic mass is 10.1. The molecule has 1 aromatic heterocycles. The summed E-state index contributed by atoms with van der Waals surface area (Å²) < 4.78 is 0. The Balaban J connectivity index is 2.00. The molecule has 19 heavy (non-hydrogen) atoms. The number of rotatable bonds is 4. The number of anilines is 1. The van der Waals surface area contributed by atoms with Gasteiger partial charge in [0.1, 0.15) is 5.02 Å². The third-order valence-electron chi connectivity index (χ3n) is 2.52. The van der Waals surface area contributed by atoms with Crippen LogP contribution >= 0.6 is 34.8 Å². The molecular weight excluding hydrogens is 309 g/mol. The number of H-pyrrole nitrogens is 1. The summed E-state index contributed by atoms with van der Waals surface area (Å²) in [6.45, 7) is 0.576. The van der Waals surface area contributed by atoms with Gasteiger partial charge in [-0.3, -0.25) is 4.79 Å². The molecule has 0 saturated heterocycles. The quantitative estimate of drug-likeness (QED) is 0.908. The number of nitrogens with one attached hydrogen (secondary N) is 2. The van der Waals surface area contributed by atoms with Gasteiger partial charge < -0.3 is 5.32 Å². The van der Waals surface area contributed by atoms with E-state index in [-0.39, 0.29) is 5.02 Å². The molecular formula is C12H10Cl3N3O. The van der Waals surface area contributed by atoms with E-state index in [1.165, 1.54) is 6.20 Å². The van der Waals surface area contributed by atoms with Crippen LogP contribution in [0.25, 0.3) is 0 Å². The molecule has 1 aromatic carbocycles. The predicted molar refractivity (Wildman–Crippen MR) is 78.5 cm³/mol. The van der Waals surface area contributed by atoms with Crippen molar-refractivity contribution in [2.45, 2.75) is 6.42 Å². The summed E-state index contributed by atoms with van der Waals surface area (Å²) >= 11 is 17.7. The molecule has 2 N–H and O–H groups in total. The Morgan fingerprint density at radius 2 is 2.05 bits per heavy atom. The van der Waals surface area contributed by atoms with Crippen molar-refractivity contribution in [3.8, 4) is 0 Å². The minimum Gasteiger partial charge on any atom is -0.382 e. The van der Waals surface area contributed by atoms with Gasteiger partial charge >= 0.3 is 0 Å². The number of aromatic nitrogens is 2. The lowest BCUT2D eigenvalue weighted by molar-refractivity contribution is 0.969. The number of halogens is 3. The maximum Gasteiger partial charge on any atom is 0.285 e. The fourth-order valence-electron chi connectivity index (χ4n) is 1.56. The summed E-state index contributed by atoms with van der Waals surface area (Å²) in [7, 11) is 0. The van der Waals surface area contributed by atoms with Gasteiger partial charge in [0.05, 0.1) is 11.9 Å². The smallest absolute Gasteiger partial charge is 0.285 e. The average molecular weight is 319 g/mol. The van der Waals surface area contributed by atoms with E-state index in [4.69, 9.17) is 34.8 Å². The third-order valence-corrected chi connectivity index (χ3v) is 3.48. The molecule has 2 aromatic rings. The van der Waals surface area contributed by atoms with Crippen LogP contribution in [-0.2, 0) is 6.42 Å². The molecule has 100 valence electrons. The van der Waals surface area contributed by atoms with E-state index in [9.17, 15) is 4.79 Å². The lowest BCUT2D eigenvalue weighted by Crippen LogP contribution is -2.13. The number of aromatic amines is 1. The molecule has 7 heteroatoms. The van der Waals surface area contributed by atoms with E-state index in [1.807, 2.05) is 6.07 Å². The van der Waals surface area contributed by atoms with Crippen LogP contribution in [0.5, 0.6) is 0 Å². The van der Waals surface area contributed by atoms with E-state index in [0.29, 0.717) is 28.7 Å². The van der Waals surface area contributed by atoms with Crippen molar-refractivity contribution in [1.82, 2.24) is 10.2 Å². The summed E-state index contributed by atoms with van der Waals surface area (Å²) in [5.74, 6) is 0. The first-order valence-corrected chi connectivity index (χ1v) is 6.62. The Hall–Kier alpha value is -1.23. The molecule has 0 bridgehead atoms. The highest BCUT2D eigenvalue weighted by Crippen LogP contribution is 2.21. The number of nitrogens with zero attached hydrogens (tertiary/aromatic N) is 1. The van der Waals surface area contributed by atoms with Crippen LogP contribution in [0.3, 0.4) is 0 Å². The van der Waals surface area contributed by atoms with Gasteiger partial charge in [-0.25, -0.2) is 5.10 Å². The van der Waals surface area contributed by atoms with Crippen LogP contribution < -0.4 is 10.9 Å². The molecule has 0 spiro atoms. The van der Waals surface area contributed by atoms with Crippen molar-refractivity contribution >= 4 is 40.5 Å². The van der Waals surface area contributed by atoms with Crippen LogP contribution in [0.4, 0.5) is 5.69 Å². The predicted octanol–water partition coefficient (Wildman–Crippen LogP) is 3.38. The van der Waals surface area contributed by atoms with Gasteiger partial charge in [-0.05, 0) is 24.1 Å². The first-order valence-electron chi connectivity index (χ1n) is 5.49. The molecule has 0 atom stereocenters. The normalized spacial score (nSPS) is 10.5. The zero-order valence-electron chi connectivity index (χ0n) is 9.71. The third kappa shape index (κ3) is 3.62. The maximum absolute atomic E-state index is 11.2. The van der Waals surface area contributed by atoms with Gasteiger partial charge in [-0.1, -0.05) is 40.9 Å². The highest BCUT2D eigenvalue weighted by molar-refractivity contribution is 6.35. The standard InChI is InChI=1S/C12H10Cl3N3O/c13-8-2-1-7(9(14)5-8)3-4-16-10-6-17-18-12(19)11(10)15/h1-2,5-6H,3-4H2,(H2,16,18,19). The monoisotopic (exact) mass is 317 g/mol. The van der Waals surface area contributed by atoms with Crippen LogP contribution in [0.15, 0.2) is 29.2 Å². The van der Waals surface area contributed by atoms with E-state index in [1.54, 1.807) is 12.1 Å². The Morgan fingerprint density at radius 3 is 2.79 bits per heavy atom. The minimum absolute atomic E-state index is 0.0946. The van der Waals surface area contributed by atoms with E-state index >= 15 is 0 Å². The fraction of sp³-hybridized carbons (Fsp3) is 0.167. The number of hydrogen-bond acceptors (Lipinski definition) is 3. The Bertz CT molecular complexity index is 642. The Labute approximate surface area is 124 Å². The van der Waals surface area contributed by atoms with E-state index < -0.39 is 5.56 Å². The zero-order valence-corrected chi connectivity index (χ0v) is 12.0. The van der Waals surface area contributed by atoms with Gasteiger partial charge in [0.15, 0.2) is 0 Å². The second kappa shape index (κ2) is 6.28. The van der Waals surface area contributed by atoms with Crippen LogP contribution in [0, 0.1) is 0 Å². The molecule has 1 heterocycles. The average Bonchev–Trinajstić information content (AvgIpc) is 2.37. The second-order valence-electron chi connectivity index (χ2n) is 3.84. The molecule has 0 aliphatic rings. The van der Waals surface area contributed by atoms with E-state index in [2.05, 4.69) is 15.5 Å². The Morgan fingerprint density at radius 1 is 1.26 bits per heavy atom. The van der Waals surface area contributed by atoms with Crippen molar-refractivity contribution < 1.29 is 0 Å². The van der Waals surface area contributed by atoms with E-state index in [0.717, 1.165) is 5.56 Å². The molecule has 0 aliphatic carbocycles. The van der Waals surface area contributed by atoms with Gasteiger partial charge in [0.25, 0.3) is 5.56 Å². The SMILES string of the molecule is O=c1[nH]ncc(NCCc2ccc(Cl)cc2Cl)c1Cl. The number of benzene rings is 1. The first kappa shape index (κ1) is 14.2. The number of hydrogen-bond donors (Lipinski definition) is 2. The topological polar surface area (TPSA) is 57.8 Å². The summed E-state index contributed by atoms with van der Waals surface area (Å²) in [5, 5.41) is 10.3. The molecule has 0 amide bonds. The lowest BCUT2D eigenvalue weighted by Gasteiger charge is -2.08. The van der Waals surface area contributed by atoms with Crippen LogP contribution in [0.1, 0.15) is 5.56 Å². The highest BCUT2D eigenvalue weighted by Gasteiger charge is 2.05. The largest absolute Gasteiger partial charge is 0.382 e. The summed E-state index contributed by atoms with van der Waals surface area (Å²) in [6, 6.07) is 5.34. The van der Waals surface area contributed by atoms with Crippen molar-refractivity contribution in [1.29, 1.82) is 0 Å². The minimum atomic E-state index is -0.420. The fourth-order valence-corrected chi connectivity index (χ4v) is 2.22. The maximum atomic E-state index is 11.2. The second-order valence-corrected chi connectivity index (χ2v) is 5.06. The first-order chi connectivity index (χ1) is 9.08. The van der Waals surface area contributed by atoms with Crippen molar-refractivity contribution in [2.75, 3.05) is 11.9 Å². The van der Waals surface area contributed by atoms with Crippen LogP contribution in [0.2, 0.25) is 15.1 Å². The summed E-state index contributed by atoms with van der Waals surface area (Å²) in [4.78, 5) is 11.2. The Kier molecular flexibility index (Phi) is 4.69. The molecule has 2 rings (SSSR count). The van der Waals surface area contributed by atoms with Crippen molar-refractivity contribution in [2.24, 2.45) is 0 Å². The summed E-state index contributed by atoms with van der Waals surface area (Å²) in [5.41, 5.74) is 1.04. The molecule has 0 aliphatic heterocycles. The molecule has 0 radical (unpaired) electrons. The molecule has 0 saturated carbocycles. The van der Waals surface area contributed by atoms with Gasteiger partial charge in [-0.15, -0.1) is 0 Å². The highest BCUT2D eigenvalue weighted by atomic mass is 35.5. The van der Waals surface area contributed by atoms with Gasteiger partial charge in [-0.2, -0.15) is 5.10 Å². The molecule has 0 fully saturated rings. The van der Waals surface area contributed by atoms with Crippen molar-refractivity contribution in [3.63, 3.8) is 0 Å². The zero-order chi connectivity index (χ0) is 13.8.